The molecular weight excluding hydrogens is 270 g/mol. The second kappa shape index (κ2) is 6.62. The molecule has 4 N–H and O–H groups in total. The number of nitrogens with one attached hydrogen (secondary N) is 1. The first-order chi connectivity index (χ1) is 10.1. The molecule has 0 aliphatic heterocycles. The van der Waals surface area contributed by atoms with E-state index >= 15 is 0 Å². The van der Waals surface area contributed by atoms with Crippen LogP contribution >= 0.6 is 0 Å². The zero-order valence-electron chi connectivity index (χ0n) is 11.2. The molecule has 1 amide bonds. The number of nitrogens with zero attached hydrogens (tertiary/aromatic N) is 1. The molecule has 0 radical (unpaired) electrons. The van der Waals surface area contributed by atoms with Gasteiger partial charge in [0.1, 0.15) is 0 Å². The second-order valence-electron chi connectivity index (χ2n) is 4.54. The molecule has 0 unspecified atom stereocenters. The van der Waals surface area contributed by atoms with Crippen molar-refractivity contribution in [2.45, 2.75) is 12.5 Å². The fourth-order valence-corrected chi connectivity index (χ4v) is 1.80. The summed E-state index contributed by atoms with van der Waals surface area (Å²) in [6.45, 7) is 0. The first-order valence-electron chi connectivity index (χ1n) is 6.35. The topological polar surface area (TPSA) is 105 Å². The van der Waals surface area contributed by atoms with E-state index in [9.17, 15) is 9.59 Å². The van der Waals surface area contributed by atoms with Gasteiger partial charge in [0.05, 0.1) is 11.6 Å². The summed E-state index contributed by atoms with van der Waals surface area (Å²) in [5, 5.41) is 11.5. The third-order valence-corrected chi connectivity index (χ3v) is 2.94. The van der Waals surface area contributed by atoms with Crippen LogP contribution < -0.4 is 11.1 Å². The number of carboxylic acid groups (broad SMARTS) is 1. The standard InChI is InChI=1S/C15H15N3O3/c16-13(9-10-5-7-17-8-6-10)14(19)18-12-3-1-11(2-4-12)15(20)21/h1-8,13H,9,16H2,(H,18,19)(H,20,21)/t13-/m0/s1. The third kappa shape index (κ3) is 4.12. The molecule has 6 nitrogen and oxygen atoms in total. The van der Waals surface area contributed by atoms with Crippen molar-refractivity contribution in [2.75, 3.05) is 5.32 Å². The van der Waals surface area contributed by atoms with Crippen LogP contribution in [0.4, 0.5) is 5.69 Å². The number of benzene rings is 1. The van der Waals surface area contributed by atoms with Crippen LogP contribution in [0.15, 0.2) is 48.8 Å². The molecule has 1 heterocycles. The number of carbonyl (C=O) groups excluding carboxylic acids is 1. The average molecular weight is 285 g/mol. The molecule has 6 heteroatoms. The number of hydrogen-bond acceptors (Lipinski definition) is 4. The molecule has 0 saturated heterocycles. The molecule has 2 rings (SSSR count). The third-order valence-electron chi connectivity index (χ3n) is 2.94. The highest BCUT2D eigenvalue weighted by Crippen LogP contribution is 2.10. The Bertz CT molecular complexity index is 626. The van der Waals surface area contributed by atoms with Crippen molar-refractivity contribution in [3.05, 3.63) is 59.9 Å². The Hall–Kier alpha value is -2.73. The highest BCUT2D eigenvalue weighted by Gasteiger charge is 2.14. The van der Waals surface area contributed by atoms with E-state index in [-0.39, 0.29) is 11.5 Å². The number of pyridine rings is 1. The molecule has 0 spiro atoms. The van der Waals surface area contributed by atoms with Crippen LogP contribution in [-0.2, 0) is 11.2 Å². The minimum atomic E-state index is -1.01. The van der Waals surface area contributed by atoms with Crippen LogP contribution in [0, 0.1) is 0 Å². The lowest BCUT2D eigenvalue weighted by Crippen LogP contribution is -2.37. The second-order valence-corrected chi connectivity index (χ2v) is 4.54. The Balaban J connectivity index is 1.95. The van der Waals surface area contributed by atoms with Crippen LogP contribution in [0.5, 0.6) is 0 Å². The van der Waals surface area contributed by atoms with Gasteiger partial charge in [0.25, 0.3) is 0 Å². The van der Waals surface area contributed by atoms with E-state index in [1.54, 1.807) is 24.5 Å². The highest BCUT2D eigenvalue weighted by molar-refractivity contribution is 5.95. The molecule has 0 bridgehead atoms. The Morgan fingerprint density at radius 3 is 2.33 bits per heavy atom. The Kier molecular flexibility index (Phi) is 4.63. The summed E-state index contributed by atoms with van der Waals surface area (Å²) in [5.74, 6) is -1.34. The maximum Gasteiger partial charge on any atom is 0.335 e. The van der Waals surface area contributed by atoms with Gasteiger partial charge in [0.15, 0.2) is 0 Å². The first-order valence-corrected chi connectivity index (χ1v) is 6.35. The van der Waals surface area contributed by atoms with Gasteiger partial charge >= 0.3 is 5.97 Å². The van der Waals surface area contributed by atoms with Crippen molar-refractivity contribution in [1.29, 1.82) is 0 Å². The number of carboxylic acids is 1. The van der Waals surface area contributed by atoms with E-state index in [0.717, 1.165) is 5.56 Å². The van der Waals surface area contributed by atoms with Crippen molar-refractivity contribution >= 4 is 17.6 Å². The van der Waals surface area contributed by atoms with Crippen LogP contribution in [0.1, 0.15) is 15.9 Å². The number of aromatic carboxylic acids is 1. The zero-order valence-corrected chi connectivity index (χ0v) is 11.2. The van der Waals surface area contributed by atoms with Crippen LogP contribution in [0.25, 0.3) is 0 Å². The summed E-state index contributed by atoms with van der Waals surface area (Å²) in [5.41, 5.74) is 7.44. The summed E-state index contributed by atoms with van der Waals surface area (Å²) >= 11 is 0. The number of carbonyl (C=O) groups is 2. The molecule has 2 aromatic rings. The highest BCUT2D eigenvalue weighted by atomic mass is 16.4. The summed E-state index contributed by atoms with van der Waals surface area (Å²) in [4.78, 5) is 26.6. The molecule has 1 aromatic heterocycles. The van der Waals surface area contributed by atoms with Crippen molar-refractivity contribution in [1.82, 2.24) is 4.98 Å². The largest absolute Gasteiger partial charge is 0.478 e. The van der Waals surface area contributed by atoms with Crippen molar-refractivity contribution in [3.8, 4) is 0 Å². The van der Waals surface area contributed by atoms with Gasteiger partial charge in [-0.1, -0.05) is 0 Å². The molecule has 21 heavy (non-hydrogen) atoms. The molecule has 1 atom stereocenters. The van der Waals surface area contributed by atoms with Gasteiger partial charge in [-0.05, 0) is 48.4 Å². The average Bonchev–Trinajstić information content (AvgIpc) is 2.48. The van der Waals surface area contributed by atoms with Crippen LogP contribution in [-0.4, -0.2) is 28.0 Å². The lowest BCUT2D eigenvalue weighted by molar-refractivity contribution is -0.117. The van der Waals surface area contributed by atoms with E-state index in [1.807, 2.05) is 0 Å². The molecular formula is C15H15N3O3. The van der Waals surface area contributed by atoms with Crippen LogP contribution in [0.3, 0.4) is 0 Å². The van der Waals surface area contributed by atoms with Crippen molar-refractivity contribution < 1.29 is 14.7 Å². The Morgan fingerprint density at radius 1 is 1.14 bits per heavy atom. The lowest BCUT2D eigenvalue weighted by atomic mass is 10.1. The van der Waals surface area contributed by atoms with E-state index in [1.165, 1.54) is 24.3 Å². The maximum absolute atomic E-state index is 12.0. The van der Waals surface area contributed by atoms with Crippen molar-refractivity contribution in [3.63, 3.8) is 0 Å². The molecule has 108 valence electrons. The molecule has 0 aliphatic rings. The zero-order chi connectivity index (χ0) is 15.2. The summed E-state index contributed by atoms with van der Waals surface area (Å²) < 4.78 is 0. The summed E-state index contributed by atoms with van der Waals surface area (Å²) in [6, 6.07) is 8.81. The number of hydrogen-bond donors (Lipinski definition) is 3. The number of nitrogens with two attached hydrogens (primary N) is 1. The van der Waals surface area contributed by atoms with Gasteiger partial charge in [0.2, 0.25) is 5.91 Å². The van der Waals surface area contributed by atoms with Gasteiger partial charge < -0.3 is 16.2 Å². The minimum absolute atomic E-state index is 0.161. The number of rotatable bonds is 5. The molecule has 1 aromatic carbocycles. The summed E-state index contributed by atoms with van der Waals surface area (Å²) in [6.07, 6.45) is 3.69. The van der Waals surface area contributed by atoms with E-state index in [0.29, 0.717) is 12.1 Å². The number of aromatic nitrogens is 1. The van der Waals surface area contributed by atoms with Gasteiger partial charge in [-0.25, -0.2) is 4.79 Å². The fourth-order valence-electron chi connectivity index (χ4n) is 1.80. The number of amides is 1. The fraction of sp³-hybridized carbons (Fsp3) is 0.133. The van der Waals surface area contributed by atoms with E-state index in [2.05, 4.69) is 10.3 Å². The Labute approximate surface area is 121 Å². The monoisotopic (exact) mass is 285 g/mol. The summed E-state index contributed by atoms with van der Waals surface area (Å²) in [7, 11) is 0. The van der Waals surface area contributed by atoms with Gasteiger partial charge in [-0.15, -0.1) is 0 Å². The molecule has 0 fully saturated rings. The smallest absolute Gasteiger partial charge is 0.335 e. The SMILES string of the molecule is N[C@@H](Cc1ccncc1)C(=O)Nc1ccc(C(=O)O)cc1. The molecule has 0 aliphatic carbocycles. The van der Waals surface area contributed by atoms with Crippen LogP contribution in [0.2, 0.25) is 0 Å². The van der Waals surface area contributed by atoms with E-state index in [4.69, 9.17) is 10.8 Å². The van der Waals surface area contributed by atoms with Crippen molar-refractivity contribution in [2.24, 2.45) is 5.73 Å². The maximum atomic E-state index is 12.0. The van der Waals surface area contributed by atoms with E-state index < -0.39 is 12.0 Å². The minimum Gasteiger partial charge on any atom is -0.478 e. The normalized spacial score (nSPS) is 11.7. The molecule has 0 saturated carbocycles. The number of anilines is 1. The first kappa shape index (κ1) is 14.7. The van der Waals surface area contributed by atoms with Gasteiger partial charge in [0, 0.05) is 18.1 Å². The lowest BCUT2D eigenvalue weighted by Gasteiger charge is -2.12. The van der Waals surface area contributed by atoms with Gasteiger partial charge in [-0.2, -0.15) is 0 Å². The van der Waals surface area contributed by atoms with Gasteiger partial charge in [-0.3, -0.25) is 9.78 Å². The predicted molar refractivity (Wildman–Crippen MR) is 77.9 cm³/mol. The quantitative estimate of drug-likeness (QED) is 0.767. The Morgan fingerprint density at radius 2 is 1.76 bits per heavy atom. The predicted octanol–water partition coefficient (Wildman–Crippen LogP) is 1.29.